The van der Waals surface area contributed by atoms with Crippen LogP contribution in [-0.2, 0) is 14.4 Å². The number of ether oxygens (including phenoxy) is 1. The van der Waals surface area contributed by atoms with Crippen LogP contribution in [0.4, 0.5) is 25.3 Å². The van der Waals surface area contributed by atoms with Crippen LogP contribution in [0, 0.1) is 30.5 Å². The second-order valence-electron chi connectivity index (χ2n) is 21.7. The number of amides is 3. The van der Waals surface area contributed by atoms with Gasteiger partial charge in [-0.25, -0.2) is 18.6 Å². The fourth-order valence-corrected chi connectivity index (χ4v) is 13.2. The van der Waals surface area contributed by atoms with Gasteiger partial charge in [-0.2, -0.15) is 9.97 Å². The van der Waals surface area contributed by atoms with E-state index in [1.54, 1.807) is 17.4 Å². The van der Waals surface area contributed by atoms with Crippen molar-refractivity contribution in [3.8, 4) is 27.6 Å². The van der Waals surface area contributed by atoms with Crippen LogP contribution in [0.25, 0.3) is 47.4 Å². The number of nitrogens with two attached hydrogens (primary N) is 1. The quantitative estimate of drug-likeness (QED) is 0.0457. The number of β-amino-alcohol motifs (C(OH)–C–C–N with tert-alkyl or cyclic N) is 1. The van der Waals surface area contributed by atoms with Crippen LogP contribution in [0.1, 0.15) is 89.9 Å². The normalized spacial score (nSPS) is 21.4. The largest absolute Gasteiger partial charge is 0.462 e. The molecule has 3 aromatic carbocycles. The van der Waals surface area contributed by atoms with Crippen LogP contribution in [-0.4, -0.2) is 123 Å². The van der Waals surface area contributed by atoms with Crippen LogP contribution in [0.2, 0.25) is 5.02 Å². The molecule has 76 heavy (non-hydrogen) atoms. The first kappa shape index (κ1) is 53.3. The minimum absolute atomic E-state index is 0.00649. The standard InChI is InChI=1S/C55H62ClF2N11O5S2/c1-28(30-10-12-31(13-11-30)47-29(2)61-27-75-47)62-52(72)40-21-35(70)25-69(40)53(73)49(55(3,4)5)64-41(71)9-7-8-19-67-20-18-34(67)26-74-54-65-45-37(51(66-54)68-23-32-14-15-33(24-68)63-32)22-38(56)42(44(45)58)36-16-17-39(57)48-43(36)46(60-6)50(59)76-48/h10-13,16-17,22,27-28,32-35,40,49,63,70H,7-9,14-15,18-21,23-26,59H2,1-5H3,(H,62,72)(H,64,71)/t28-,32?,33?,34-,35+,40-,49+/m0/s1. The van der Waals surface area contributed by atoms with E-state index < -0.39 is 41.1 Å². The topological polar surface area (TPSA) is 196 Å². The van der Waals surface area contributed by atoms with Crippen LogP contribution >= 0.6 is 34.3 Å². The zero-order chi connectivity index (χ0) is 53.7. The summed E-state index contributed by atoms with van der Waals surface area (Å²) >= 11 is 9.44. The molecule has 3 amide bonds. The maximum absolute atomic E-state index is 17.2. The number of carbonyl (C=O) groups is 3. The van der Waals surface area contributed by atoms with Gasteiger partial charge >= 0.3 is 6.01 Å². The summed E-state index contributed by atoms with van der Waals surface area (Å²) in [4.78, 5) is 66.0. The number of thiophene rings is 1. The van der Waals surface area contributed by atoms with Crippen LogP contribution in [0.5, 0.6) is 6.01 Å². The molecule has 2 unspecified atom stereocenters. The molecule has 2 bridgehead atoms. The first-order valence-electron chi connectivity index (χ1n) is 25.9. The first-order chi connectivity index (χ1) is 36.4. The van der Waals surface area contributed by atoms with Crippen molar-refractivity contribution in [3.63, 3.8) is 0 Å². The number of benzene rings is 3. The van der Waals surface area contributed by atoms with E-state index in [1.807, 2.05) is 64.4 Å². The number of rotatable bonds is 16. The lowest BCUT2D eigenvalue weighted by Gasteiger charge is -2.40. The number of aromatic nitrogens is 3. The molecule has 7 heterocycles. The molecule has 4 saturated heterocycles. The highest BCUT2D eigenvalue weighted by atomic mass is 35.5. The molecule has 10 rings (SSSR count). The third-order valence-corrected chi connectivity index (χ3v) is 17.7. The SMILES string of the molecule is [C-]#[N+]c1c(N)sc2c(F)ccc(-c3c(Cl)cc4c(N5CC6CCC(C5)N6)nc(OC[C@@H]5CCN5CCCCC(=O)N[C@H](C(=O)N5C[C@H](O)C[C@H]5C(=O)N[C@@H](C)c5ccc(-c6scnc6C)cc5)C(C)(C)C)nc4c3F)c12. The number of nitrogens with one attached hydrogen (secondary N) is 3. The van der Waals surface area contributed by atoms with E-state index in [0.29, 0.717) is 43.7 Å². The van der Waals surface area contributed by atoms with Crippen molar-refractivity contribution in [2.45, 2.75) is 122 Å². The molecule has 0 saturated carbocycles. The van der Waals surface area contributed by atoms with Gasteiger partial charge in [0.1, 0.15) is 35.8 Å². The zero-order valence-electron chi connectivity index (χ0n) is 43.1. The monoisotopic (exact) mass is 1090 g/mol. The Morgan fingerprint density at radius 3 is 2.47 bits per heavy atom. The second kappa shape index (κ2) is 21.7. The third-order valence-electron chi connectivity index (χ3n) is 15.4. The molecule has 4 aliphatic heterocycles. The lowest BCUT2D eigenvalue weighted by molar-refractivity contribution is -0.144. The molecule has 0 spiro atoms. The zero-order valence-corrected chi connectivity index (χ0v) is 45.5. The fourth-order valence-electron chi connectivity index (χ4n) is 11.2. The van der Waals surface area contributed by atoms with E-state index in [1.165, 1.54) is 17.0 Å². The van der Waals surface area contributed by atoms with E-state index in [2.05, 4.69) is 40.6 Å². The molecule has 21 heteroatoms. The van der Waals surface area contributed by atoms with Crippen molar-refractivity contribution < 1.29 is 33.0 Å². The fraction of sp³-hybridized carbons (Fsp3) is 0.473. The molecule has 0 aliphatic carbocycles. The average molecular weight is 1090 g/mol. The number of aliphatic hydroxyl groups is 1. The van der Waals surface area contributed by atoms with E-state index in [9.17, 15) is 19.5 Å². The van der Waals surface area contributed by atoms with Gasteiger partial charge in [-0.15, -0.1) is 22.7 Å². The number of nitrogen functional groups attached to an aromatic ring is 1. The number of aryl methyl sites for hydroxylation is 1. The number of halogens is 3. The molecule has 3 aromatic heterocycles. The Hall–Kier alpha value is -6.08. The Morgan fingerprint density at radius 2 is 1.80 bits per heavy atom. The Kier molecular flexibility index (Phi) is 15.3. The van der Waals surface area contributed by atoms with Gasteiger partial charge in [-0.05, 0) is 86.7 Å². The van der Waals surface area contributed by atoms with Gasteiger partial charge < -0.3 is 41.3 Å². The Labute approximate surface area is 453 Å². The van der Waals surface area contributed by atoms with E-state index >= 15 is 8.78 Å². The van der Waals surface area contributed by atoms with Crippen LogP contribution in [0.3, 0.4) is 0 Å². The summed E-state index contributed by atoms with van der Waals surface area (Å²) in [5.74, 6) is -1.88. The highest BCUT2D eigenvalue weighted by Crippen LogP contribution is 2.49. The van der Waals surface area contributed by atoms with Gasteiger partial charge in [-0.3, -0.25) is 19.3 Å². The summed E-state index contributed by atoms with van der Waals surface area (Å²) in [6, 6.07) is 10.5. The molecule has 7 atom stereocenters. The second-order valence-corrected chi connectivity index (χ2v) is 24.0. The van der Waals surface area contributed by atoms with Crippen molar-refractivity contribution in [3.05, 3.63) is 87.3 Å². The number of aliphatic hydroxyl groups excluding tert-OH is 1. The molecule has 16 nitrogen and oxygen atoms in total. The third kappa shape index (κ3) is 10.7. The Morgan fingerprint density at radius 1 is 1.05 bits per heavy atom. The molecule has 4 aliphatic rings. The minimum Gasteiger partial charge on any atom is -0.462 e. The number of carbonyl (C=O) groups excluding carboxylic acids is 3. The Balaban J connectivity index is 0.765. The average Bonchev–Trinajstić information content (AvgIpc) is 4.19. The summed E-state index contributed by atoms with van der Waals surface area (Å²) in [7, 11) is 0. The first-order valence-corrected chi connectivity index (χ1v) is 28.0. The van der Waals surface area contributed by atoms with Crippen LogP contribution < -0.4 is 31.3 Å². The minimum atomic E-state index is -0.939. The molecule has 4 fully saturated rings. The maximum atomic E-state index is 17.2. The summed E-state index contributed by atoms with van der Waals surface area (Å²) in [6.45, 7) is 20.3. The van der Waals surface area contributed by atoms with E-state index in [-0.39, 0.29) is 110 Å². The molecule has 400 valence electrons. The number of anilines is 2. The molecule has 6 N–H and O–H groups in total. The molecule has 0 radical (unpaired) electrons. The predicted octanol–water partition coefficient (Wildman–Crippen LogP) is 8.94. The Bertz CT molecular complexity index is 3240. The van der Waals surface area contributed by atoms with Crippen molar-refractivity contribution in [1.29, 1.82) is 0 Å². The number of piperazine rings is 1. The highest BCUT2D eigenvalue weighted by molar-refractivity contribution is 7.23. The number of hydrogen-bond acceptors (Lipinski definition) is 14. The van der Waals surface area contributed by atoms with Gasteiger partial charge in [0, 0.05) is 73.5 Å². The summed E-state index contributed by atoms with van der Waals surface area (Å²) in [5, 5.41) is 21.2. The van der Waals surface area contributed by atoms with Crippen molar-refractivity contribution in [1.82, 2.24) is 40.7 Å². The lowest BCUT2D eigenvalue weighted by Crippen LogP contribution is -2.57. The summed E-state index contributed by atoms with van der Waals surface area (Å²) < 4.78 is 38.8. The molecular formula is C55H62ClF2N11O5S2. The molecular weight excluding hydrogens is 1030 g/mol. The number of unbranched alkanes of at least 4 members (excludes halogenated alkanes) is 1. The van der Waals surface area contributed by atoms with Gasteiger partial charge in [0.15, 0.2) is 5.82 Å². The van der Waals surface area contributed by atoms with Gasteiger partial charge in [0.25, 0.3) is 0 Å². The van der Waals surface area contributed by atoms with E-state index in [4.69, 9.17) is 33.6 Å². The van der Waals surface area contributed by atoms with Crippen molar-refractivity contribution >= 4 is 89.5 Å². The van der Waals surface area contributed by atoms with Gasteiger partial charge in [0.2, 0.25) is 23.4 Å². The van der Waals surface area contributed by atoms with Crippen LogP contribution in [0.15, 0.2) is 48.0 Å². The molecule has 6 aromatic rings. The van der Waals surface area contributed by atoms with Gasteiger partial charge in [0.05, 0.1) is 49.5 Å². The van der Waals surface area contributed by atoms with Crippen molar-refractivity contribution in [2.24, 2.45) is 5.41 Å². The number of nitrogens with zero attached hydrogens (tertiary/aromatic N) is 7. The predicted molar refractivity (Wildman–Crippen MR) is 294 cm³/mol. The maximum Gasteiger partial charge on any atom is 0.319 e. The smallest absolute Gasteiger partial charge is 0.319 e. The number of hydrogen-bond donors (Lipinski definition) is 5. The van der Waals surface area contributed by atoms with Gasteiger partial charge in [-0.1, -0.05) is 62.7 Å². The van der Waals surface area contributed by atoms with Crippen molar-refractivity contribution in [2.75, 3.05) is 50.0 Å². The number of thiazole rings is 1. The van der Waals surface area contributed by atoms with E-state index in [0.717, 1.165) is 58.8 Å². The number of likely N-dealkylation sites (tertiary alicyclic amines) is 2. The summed E-state index contributed by atoms with van der Waals surface area (Å²) in [5.41, 5.74) is 10.4. The number of fused-ring (bicyclic) bond motifs is 4. The highest BCUT2D eigenvalue weighted by Gasteiger charge is 2.45. The summed E-state index contributed by atoms with van der Waals surface area (Å²) in [6.07, 6.45) is 3.51. The lowest BCUT2D eigenvalue weighted by atomic mass is 9.85.